The van der Waals surface area contributed by atoms with Crippen molar-refractivity contribution < 1.29 is 14.2 Å². The normalized spacial score (nSPS) is 23.9. The highest BCUT2D eigenvalue weighted by Crippen LogP contribution is 2.35. The van der Waals surface area contributed by atoms with Gasteiger partial charge in [0.2, 0.25) is 0 Å². The SMILES string of the molecule is COc1cccc(N2CC(OC)C(OC)C2)c1C(C)N. The number of nitrogens with two attached hydrogens (primary N) is 1. The van der Waals surface area contributed by atoms with Gasteiger partial charge in [-0.05, 0) is 19.1 Å². The van der Waals surface area contributed by atoms with Crippen molar-refractivity contribution in [3.05, 3.63) is 23.8 Å². The molecule has 0 spiro atoms. The Morgan fingerprint density at radius 2 is 1.75 bits per heavy atom. The molecule has 1 aliphatic heterocycles. The summed E-state index contributed by atoms with van der Waals surface area (Å²) >= 11 is 0. The molecule has 1 saturated heterocycles. The maximum absolute atomic E-state index is 6.12. The van der Waals surface area contributed by atoms with Gasteiger partial charge in [-0.2, -0.15) is 0 Å². The van der Waals surface area contributed by atoms with Gasteiger partial charge in [-0.3, -0.25) is 0 Å². The number of ether oxygens (including phenoxy) is 3. The Balaban J connectivity index is 2.34. The number of methoxy groups -OCH3 is 3. The van der Waals surface area contributed by atoms with Gasteiger partial charge in [-0.25, -0.2) is 0 Å². The molecular weight excluding hydrogens is 256 g/mol. The van der Waals surface area contributed by atoms with Crippen LogP contribution in [-0.2, 0) is 9.47 Å². The van der Waals surface area contributed by atoms with Crippen LogP contribution >= 0.6 is 0 Å². The summed E-state index contributed by atoms with van der Waals surface area (Å²) in [7, 11) is 5.11. The smallest absolute Gasteiger partial charge is 0.125 e. The largest absolute Gasteiger partial charge is 0.496 e. The zero-order valence-corrected chi connectivity index (χ0v) is 12.6. The number of hydrogen-bond acceptors (Lipinski definition) is 5. The fourth-order valence-corrected chi connectivity index (χ4v) is 2.84. The summed E-state index contributed by atoms with van der Waals surface area (Å²) in [4.78, 5) is 2.25. The van der Waals surface area contributed by atoms with Gasteiger partial charge >= 0.3 is 0 Å². The lowest BCUT2D eigenvalue weighted by molar-refractivity contribution is -0.00461. The van der Waals surface area contributed by atoms with Crippen LogP contribution in [0.15, 0.2) is 18.2 Å². The minimum absolute atomic E-state index is 0.0760. The summed E-state index contributed by atoms with van der Waals surface area (Å²) < 4.78 is 16.4. The van der Waals surface area contributed by atoms with Crippen molar-refractivity contribution in [2.24, 2.45) is 5.73 Å². The molecule has 2 N–H and O–H groups in total. The lowest BCUT2D eigenvalue weighted by Gasteiger charge is -2.25. The van der Waals surface area contributed by atoms with E-state index in [1.54, 1.807) is 21.3 Å². The Morgan fingerprint density at radius 1 is 1.15 bits per heavy atom. The quantitative estimate of drug-likeness (QED) is 0.887. The second-order valence-corrected chi connectivity index (χ2v) is 5.14. The molecule has 1 aromatic rings. The first-order valence-corrected chi connectivity index (χ1v) is 6.85. The molecule has 0 aromatic heterocycles. The van der Waals surface area contributed by atoms with E-state index in [-0.39, 0.29) is 18.2 Å². The third-order valence-corrected chi connectivity index (χ3v) is 3.88. The number of rotatable bonds is 5. The van der Waals surface area contributed by atoms with Crippen molar-refractivity contribution in [3.8, 4) is 5.75 Å². The second-order valence-electron chi connectivity index (χ2n) is 5.14. The van der Waals surface area contributed by atoms with Crippen molar-refractivity contribution in [2.45, 2.75) is 25.2 Å². The summed E-state index contributed by atoms with van der Waals surface area (Å²) in [6, 6.07) is 5.91. The van der Waals surface area contributed by atoms with Crippen molar-refractivity contribution in [2.75, 3.05) is 39.3 Å². The average molecular weight is 280 g/mol. The van der Waals surface area contributed by atoms with Crippen LogP contribution < -0.4 is 15.4 Å². The summed E-state index contributed by atoms with van der Waals surface area (Å²) in [5, 5.41) is 0. The third-order valence-electron chi connectivity index (χ3n) is 3.88. The van der Waals surface area contributed by atoms with Crippen LogP contribution in [0.3, 0.4) is 0 Å². The molecule has 5 heteroatoms. The van der Waals surface area contributed by atoms with Crippen LogP contribution in [0.2, 0.25) is 0 Å². The number of nitrogens with zero attached hydrogens (tertiary/aromatic N) is 1. The molecule has 2 rings (SSSR count). The Hall–Kier alpha value is -1.30. The van der Waals surface area contributed by atoms with E-state index in [2.05, 4.69) is 11.0 Å². The summed E-state index contributed by atoms with van der Waals surface area (Å²) in [5.74, 6) is 0.826. The van der Waals surface area contributed by atoms with Gasteiger partial charge in [0.25, 0.3) is 0 Å². The Bertz CT molecular complexity index is 439. The molecule has 0 radical (unpaired) electrons. The molecule has 20 heavy (non-hydrogen) atoms. The Labute approximate surface area is 120 Å². The number of benzene rings is 1. The van der Waals surface area contributed by atoms with Gasteiger partial charge in [-0.15, -0.1) is 0 Å². The van der Waals surface area contributed by atoms with Crippen LogP contribution in [0.1, 0.15) is 18.5 Å². The van der Waals surface area contributed by atoms with Crippen LogP contribution in [0.4, 0.5) is 5.69 Å². The lowest BCUT2D eigenvalue weighted by atomic mass is 10.0. The van der Waals surface area contributed by atoms with E-state index in [0.717, 1.165) is 30.1 Å². The van der Waals surface area contributed by atoms with Crippen LogP contribution in [0, 0.1) is 0 Å². The molecule has 1 aliphatic rings. The third kappa shape index (κ3) is 2.75. The highest BCUT2D eigenvalue weighted by molar-refractivity contribution is 5.61. The standard InChI is InChI=1S/C15H24N2O3/c1-10(16)15-11(6-5-7-12(15)18-2)17-8-13(19-3)14(9-17)20-4/h5-7,10,13-14H,8-9,16H2,1-4H3. The molecule has 3 atom stereocenters. The van der Waals surface area contributed by atoms with Crippen molar-refractivity contribution in [3.63, 3.8) is 0 Å². The Morgan fingerprint density at radius 3 is 2.20 bits per heavy atom. The highest BCUT2D eigenvalue weighted by atomic mass is 16.5. The predicted molar refractivity (Wildman–Crippen MR) is 79.4 cm³/mol. The van der Waals surface area contributed by atoms with E-state index in [4.69, 9.17) is 19.9 Å². The van der Waals surface area contributed by atoms with Gasteiger partial charge < -0.3 is 24.8 Å². The maximum Gasteiger partial charge on any atom is 0.125 e. The first-order valence-electron chi connectivity index (χ1n) is 6.85. The molecular formula is C15H24N2O3. The molecule has 0 aliphatic carbocycles. The van der Waals surface area contributed by atoms with Gasteiger partial charge in [0, 0.05) is 44.6 Å². The zero-order chi connectivity index (χ0) is 14.7. The minimum atomic E-state index is -0.0938. The molecule has 0 saturated carbocycles. The van der Waals surface area contributed by atoms with Gasteiger partial charge in [-0.1, -0.05) is 6.07 Å². The van der Waals surface area contributed by atoms with E-state index < -0.39 is 0 Å². The average Bonchev–Trinajstić information content (AvgIpc) is 2.89. The van der Waals surface area contributed by atoms with E-state index >= 15 is 0 Å². The summed E-state index contributed by atoms with van der Waals surface area (Å²) in [6.07, 6.45) is 0.152. The molecule has 5 nitrogen and oxygen atoms in total. The van der Waals surface area contributed by atoms with E-state index in [9.17, 15) is 0 Å². The molecule has 1 fully saturated rings. The number of hydrogen-bond donors (Lipinski definition) is 1. The molecule has 0 amide bonds. The fourth-order valence-electron chi connectivity index (χ4n) is 2.84. The molecule has 3 unspecified atom stereocenters. The highest BCUT2D eigenvalue weighted by Gasteiger charge is 2.34. The fraction of sp³-hybridized carbons (Fsp3) is 0.600. The number of anilines is 1. The first-order chi connectivity index (χ1) is 9.62. The Kier molecular flexibility index (Phi) is 4.86. The molecule has 0 bridgehead atoms. The van der Waals surface area contributed by atoms with Gasteiger partial charge in [0.05, 0.1) is 7.11 Å². The summed E-state index contributed by atoms with van der Waals surface area (Å²) in [5.41, 5.74) is 8.25. The minimum Gasteiger partial charge on any atom is -0.496 e. The van der Waals surface area contributed by atoms with E-state index in [1.807, 2.05) is 19.1 Å². The van der Waals surface area contributed by atoms with Crippen LogP contribution in [0.5, 0.6) is 5.75 Å². The molecule has 112 valence electrons. The zero-order valence-electron chi connectivity index (χ0n) is 12.6. The van der Waals surface area contributed by atoms with Crippen molar-refractivity contribution >= 4 is 5.69 Å². The van der Waals surface area contributed by atoms with Crippen LogP contribution in [-0.4, -0.2) is 46.6 Å². The monoisotopic (exact) mass is 280 g/mol. The van der Waals surface area contributed by atoms with Gasteiger partial charge in [0.1, 0.15) is 18.0 Å². The van der Waals surface area contributed by atoms with Crippen molar-refractivity contribution in [1.29, 1.82) is 0 Å². The van der Waals surface area contributed by atoms with E-state index in [0.29, 0.717) is 0 Å². The van der Waals surface area contributed by atoms with Crippen molar-refractivity contribution in [1.82, 2.24) is 0 Å². The van der Waals surface area contributed by atoms with E-state index in [1.165, 1.54) is 0 Å². The molecule has 1 aromatic carbocycles. The summed E-state index contributed by atoms with van der Waals surface area (Å²) in [6.45, 7) is 3.56. The predicted octanol–water partition coefficient (Wildman–Crippen LogP) is 1.56. The molecule has 1 heterocycles. The topological polar surface area (TPSA) is 57.0 Å². The maximum atomic E-state index is 6.12. The second kappa shape index (κ2) is 6.43. The lowest BCUT2D eigenvalue weighted by Crippen LogP contribution is -2.27. The van der Waals surface area contributed by atoms with Crippen LogP contribution in [0.25, 0.3) is 0 Å². The van der Waals surface area contributed by atoms with Gasteiger partial charge in [0.15, 0.2) is 0 Å². The first kappa shape index (κ1) is 15.1.